The third-order valence-electron chi connectivity index (χ3n) is 4.17. The number of thioether (sulfide) groups is 1. The Balaban J connectivity index is 1.71. The van der Waals surface area contributed by atoms with E-state index in [-0.39, 0.29) is 11.4 Å². The molecule has 2 aliphatic carbocycles. The summed E-state index contributed by atoms with van der Waals surface area (Å²) in [4.78, 5) is 11.8. The molecule has 2 saturated carbocycles. The van der Waals surface area contributed by atoms with Gasteiger partial charge >= 0.3 is 0 Å². The van der Waals surface area contributed by atoms with Gasteiger partial charge in [-0.1, -0.05) is 6.42 Å². The van der Waals surface area contributed by atoms with E-state index in [0.29, 0.717) is 11.2 Å². The molecule has 16 heavy (non-hydrogen) atoms. The number of carbonyl (C=O) groups is 1. The highest BCUT2D eigenvalue weighted by atomic mass is 32.2. The smallest absolute Gasteiger partial charge is 0.221 e. The standard InChI is InChI=1S/C12H22N2OS/c1-16-12(6-3-7-12)9-14-10(15)8-11(13)4-2-5-11/h2-9,13H2,1H3,(H,14,15). The van der Waals surface area contributed by atoms with Crippen LogP contribution in [-0.2, 0) is 4.79 Å². The van der Waals surface area contributed by atoms with Gasteiger partial charge in [0.25, 0.3) is 0 Å². The van der Waals surface area contributed by atoms with Crippen LogP contribution in [0.3, 0.4) is 0 Å². The van der Waals surface area contributed by atoms with Crippen molar-refractivity contribution in [3.63, 3.8) is 0 Å². The van der Waals surface area contributed by atoms with Gasteiger partial charge in [0.05, 0.1) is 0 Å². The predicted octanol–water partition coefficient (Wildman–Crippen LogP) is 1.66. The van der Waals surface area contributed by atoms with Crippen LogP contribution in [0.2, 0.25) is 0 Å². The van der Waals surface area contributed by atoms with Gasteiger partial charge in [-0.05, 0) is 38.4 Å². The summed E-state index contributed by atoms with van der Waals surface area (Å²) >= 11 is 1.89. The Bertz CT molecular complexity index is 267. The molecule has 0 radical (unpaired) electrons. The minimum atomic E-state index is -0.184. The van der Waals surface area contributed by atoms with Crippen molar-refractivity contribution in [3.8, 4) is 0 Å². The Kier molecular flexibility index (Phi) is 3.50. The van der Waals surface area contributed by atoms with Crippen LogP contribution in [0.5, 0.6) is 0 Å². The van der Waals surface area contributed by atoms with E-state index in [4.69, 9.17) is 5.73 Å². The van der Waals surface area contributed by atoms with E-state index in [9.17, 15) is 4.79 Å². The lowest BCUT2D eigenvalue weighted by atomic mass is 9.75. The summed E-state index contributed by atoms with van der Waals surface area (Å²) < 4.78 is 0.330. The third kappa shape index (κ3) is 2.54. The maximum absolute atomic E-state index is 11.8. The van der Waals surface area contributed by atoms with Crippen molar-refractivity contribution < 1.29 is 4.79 Å². The van der Waals surface area contributed by atoms with Crippen molar-refractivity contribution >= 4 is 17.7 Å². The fourth-order valence-corrected chi connectivity index (χ4v) is 3.39. The summed E-state index contributed by atoms with van der Waals surface area (Å²) in [7, 11) is 0. The molecule has 0 aromatic rings. The van der Waals surface area contributed by atoms with Gasteiger partial charge in [-0.25, -0.2) is 0 Å². The SMILES string of the molecule is CSC1(CNC(=O)CC2(N)CCC2)CCC1. The van der Waals surface area contributed by atoms with Gasteiger partial charge in [-0.2, -0.15) is 11.8 Å². The molecular weight excluding hydrogens is 220 g/mol. The quantitative estimate of drug-likeness (QED) is 0.771. The van der Waals surface area contributed by atoms with Crippen molar-refractivity contribution in [1.82, 2.24) is 5.32 Å². The minimum Gasteiger partial charge on any atom is -0.355 e. The number of nitrogens with two attached hydrogens (primary N) is 1. The maximum Gasteiger partial charge on any atom is 0.221 e. The van der Waals surface area contributed by atoms with Gasteiger partial charge in [-0.15, -0.1) is 0 Å². The lowest BCUT2D eigenvalue weighted by Crippen LogP contribution is -2.52. The van der Waals surface area contributed by atoms with Gasteiger partial charge in [-0.3, -0.25) is 4.79 Å². The first kappa shape index (κ1) is 12.2. The monoisotopic (exact) mass is 242 g/mol. The molecular formula is C12H22N2OS. The highest BCUT2D eigenvalue weighted by Crippen LogP contribution is 2.42. The molecule has 0 unspecified atom stereocenters. The molecule has 1 amide bonds. The normalized spacial score (nSPS) is 25.4. The van der Waals surface area contributed by atoms with Crippen LogP contribution in [0.15, 0.2) is 0 Å². The lowest BCUT2D eigenvalue weighted by molar-refractivity contribution is -0.123. The van der Waals surface area contributed by atoms with E-state index < -0.39 is 0 Å². The first-order chi connectivity index (χ1) is 7.58. The zero-order valence-electron chi connectivity index (χ0n) is 10.1. The van der Waals surface area contributed by atoms with Gasteiger partial charge in [0, 0.05) is 23.3 Å². The molecule has 0 saturated heterocycles. The van der Waals surface area contributed by atoms with Crippen molar-refractivity contribution in [2.75, 3.05) is 12.8 Å². The van der Waals surface area contributed by atoms with Crippen LogP contribution in [0.1, 0.15) is 44.9 Å². The first-order valence-corrected chi connectivity index (χ1v) is 7.41. The Morgan fingerprint density at radius 3 is 2.31 bits per heavy atom. The van der Waals surface area contributed by atoms with Gasteiger partial charge in [0.1, 0.15) is 0 Å². The van der Waals surface area contributed by atoms with Crippen molar-refractivity contribution in [1.29, 1.82) is 0 Å². The zero-order valence-corrected chi connectivity index (χ0v) is 10.9. The molecule has 0 aromatic carbocycles. The van der Waals surface area contributed by atoms with E-state index in [1.165, 1.54) is 25.7 Å². The second-order valence-corrected chi connectivity index (χ2v) is 6.68. The minimum absolute atomic E-state index is 0.141. The predicted molar refractivity (Wildman–Crippen MR) is 68.5 cm³/mol. The third-order valence-corrected chi connectivity index (χ3v) is 5.59. The number of hydrogen-bond acceptors (Lipinski definition) is 3. The summed E-state index contributed by atoms with van der Waals surface area (Å²) in [6.07, 6.45) is 9.63. The summed E-state index contributed by atoms with van der Waals surface area (Å²) in [6.45, 7) is 0.822. The molecule has 0 aromatic heterocycles. The van der Waals surface area contributed by atoms with E-state index in [1.807, 2.05) is 11.8 Å². The number of hydrogen-bond donors (Lipinski definition) is 2. The highest BCUT2D eigenvalue weighted by molar-refractivity contribution is 8.00. The zero-order chi connectivity index (χ0) is 11.6. The van der Waals surface area contributed by atoms with Crippen LogP contribution >= 0.6 is 11.8 Å². The molecule has 0 bridgehead atoms. The average molecular weight is 242 g/mol. The first-order valence-electron chi connectivity index (χ1n) is 6.18. The second-order valence-electron chi connectivity index (χ2n) is 5.41. The lowest BCUT2D eigenvalue weighted by Gasteiger charge is -2.41. The number of rotatable bonds is 5. The Morgan fingerprint density at radius 1 is 1.31 bits per heavy atom. The molecule has 4 heteroatoms. The molecule has 0 aliphatic heterocycles. The number of nitrogens with one attached hydrogen (secondary N) is 1. The summed E-state index contributed by atoms with van der Waals surface area (Å²) in [5.74, 6) is 0.141. The fourth-order valence-electron chi connectivity index (χ4n) is 2.47. The molecule has 2 rings (SSSR count). The van der Waals surface area contributed by atoms with Gasteiger partial charge < -0.3 is 11.1 Å². The second kappa shape index (κ2) is 4.57. The Morgan fingerprint density at radius 2 is 1.94 bits per heavy atom. The average Bonchev–Trinajstić information content (AvgIpc) is 2.14. The largest absolute Gasteiger partial charge is 0.355 e. The van der Waals surface area contributed by atoms with Crippen LogP contribution in [0.4, 0.5) is 0 Å². The van der Waals surface area contributed by atoms with Crippen molar-refractivity contribution in [2.24, 2.45) is 5.73 Å². The van der Waals surface area contributed by atoms with E-state index in [0.717, 1.165) is 19.4 Å². The van der Waals surface area contributed by atoms with Gasteiger partial charge in [0.15, 0.2) is 0 Å². The van der Waals surface area contributed by atoms with E-state index in [1.54, 1.807) is 0 Å². The molecule has 92 valence electrons. The molecule has 0 atom stereocenters. The molecule has 3 nitrogen and oxygen atoms in total. The van der Waals surface area contributed by atoms with E-state index in [2.05, 4.69) is 11.6 Å². The molecule has 3 N–H and O–H groups in total. The van der Waals surface area contributed by atoms with E-state index >= 15 is 0 Å². The molecule has 0 spiro atoms. The number of carbonyl (C=O) groups excluding carboxylic acids is 1. The summed E-state index contributed by atoms with van der Waals surface area (Å²) in [5, 5.41) is 3.06. The maximum atomic E-state index is 11.8. The Labute approximate surface area is 102 Å². The summed E-state index contributed by atoms with van der Waals surface area (Å²) in [5.41, 5.74) is 5.87. The molecule has 2 aliphatic rings. The van der Waals surface area contributed by atoms with Crippen LogP contribution in [-0.4, -0.2) is 29.0 Å². The van der Waals surface area contributed by atoms with Crippen LogP contribution < -0.4 is 11.1 Å². The fraction of sp³-hybridized carbons (Fsp3) is 0.917. The topological polar surface area (TPSA) is 55.1 Å². The van der Waals surface area contributed by atoms with Crippen LogP contribution in [0.25, 0.3) is 0 Å². The van der Waals surface area contributed by atoms with Gasteiger partial charge in [0.2, 0.25) is 5.91 Å². The van der Waals surface area contributed by atoms with Crippen molar-refractivity contribution in [2.45, 2.75) is 55.2 Å². The molecule has 0 heterocycles. The summed E-state index contributed by atoms with van der Waals surface area (Å²) in [6, 6.07) is 0. The molecule has 2 fully saturated rings. The Hall–Kier alpha value is -0.220. The van der Waals surface area contributed by atoms with Crippen LogP contribution in [0, 0.1) is 0 Å². The van der Waals surface area contributed by atoms with Crippen molar-refractivity contribution in [3.05, 3.63) is 0 Å². The highest BCUT2D eigenvalue weighted by Gasteiger charge is 2.38. The number of amides is 1.